The highest BCUT2D eigenvalue weighted by atomic mass is 16.5. The molecule has 0 unspecified atom stereocenters. The summed E-state index contributed by atoms with van der Waals surface area (Å²) in [6, 6.07) is 19.9. The van der Waals surface area contributed by atoms with Crippen LogP contribution < -0.4 is 16.0 Å². The first-order valence-corrected chi connectivity index (χ1v) is 11.6. The van der Waals surface area contributed by atoms with Gasteiger partial charge in [-0.2, -0.15) is 0 Å². The SMILES string of the molecule is CC(C)COc1ccc(C(c2c(O)c3ccccc3oc2=O)c2c(O)c3ccccc3oc2=O)cc1. The average molecular weight is 485 g/mol. The fourth-order valence-electron chi connectivity index (χ4n) is 4.30. The van der Waals surface area contributed by atoms with Crippen LogP contribution in [0.1, 0.15) is 36.5 Å². The van der Waals surface area contributed by atoms with Crippen LogP contribution in [0.5, 0.6) is 17.2 Å². The molecule has 2 N–H and O–H groups in total. The highest BCUT2D eigenvalue weighted by Crippen LogP contribution is 2.42. The van der Waals surface area contributed by atoms with Crippen LogP contribution in [0, 0.1) is 5.92 Å². The van der Waals surface area contributed by atoms with E-state index in [0.29, 0.717) is 34.6 Å². The summed E-state index contributed by atoms with van der Waals surface area (Å²) in [5, 5.41) is 23.0. The smallest absolute Gasteiger partial charge is 0.344 e. The molecule has 5 rings (SSSR count). The van der Waals surface area contributed by atoms with Crippen LogP contribution in [0.3, 0.4) is 0 Å². The first-order chi connectivity index (χ1) is 17.3. The van der Waals surface area contributed by atoms with Crippen molar-refractivity contribution in [2.75, 3.05) is 6.61 Å². The lowest BCUT2D eigenvalue weighted by Crippen LogP contribution is -2.21. The van der Waals surface area contributed by atoms with E-state index in [0.717, 1.165) is 0 Å². The highest BCUT2D eigenvalue weighted by molar-refractivity contribution is 5.86. The number of benzene rings is 3. The van der Waals surface area contributed by atoms with Gasteiger partial charge in [0.1, 0.15) is 28.4 Å². The molecule has 0 saturated carbocycles. The molecule has 3 aromatic carbocycles. The second kappa shape index (κ2) is 9.26. The quantitative estimate of drug-likeness (QED) is 0.305. The van der Waals surface area contributed by atoms with E-state index in [4.69, 9.17) is 13.6 Å². The molecular formula is C29H24O7. The molecule has 5 aromatic rings. The topological polar surface area (TPSA) is 110 Å². The molecule has 0 bridgehead atoms. The Bertz CT molecular complexity index is 1580. The summed E-state index contributed by atoms with van der Waals surface area (Å²) in [6.45, 7) is 4.59. The molecule has 0 amide bonds. The van der Waals surface area contributed by atoms with Crippen molar-refractivity contribution in [1.29, 1.82) is 0 Å². The summed E-state index contributed by atoms with van der Waals surface area (Å²) in [7, 11) is 0. The molecule has 7 heteroatoms. The van der Waals surface area contributed by atoms with E-state index in [-0.39, 0.29) is 33.8 Å². The maximum Gasteiger partial charge on any atom is 0.344 e. The van der Waals surface area contributed by atoms with Gasteiger partial charge in [0, 0.05) is 0 Å². The molecule has 2 heterocycles. The van der Waals surface area contributed by atoms with Crippen molar-refractivity contribution in [2.24, 2.45) is 5.92 Å². The predicted octanol–water partition coefficient (Wildman–Crippen LogP) is 5.53. The van der Waals surface area contributed by atoms with E-state index in [1.807, 2.05) is 13.8 Å². The number of hydrogen-bond donors (Lipinski definition) is 2. The van der Waals surface area contributed by atoms with Crippen molar-refractivity contribution in [3.63, 3.8) is 0 Å². The van der Waals surface area contributed by atoms with Crippen molar-refractivity contribution in [3.8, 4) is 17.2 Å². The Balaban J connectivity index is 1.78. The molecule has 36 heavy (non-hydrogen) atoms. The Morgan fingerprint density at radius 1 is 0.722 bits per heavy atom. The average Bonchev–Trinajstić information content (AvgIpc) is 2.87. The van der Waals surface area contributed by atoms with Crippen LogP contribution in [-0.4, -0.2) is 16.8 Å². The fraction of sp³-hybridized carbons (Fsp3) is 0.172. The van der Waals surface area contributed by atoms with Gasteiger partial charge in [-0.25, -0.2) is 9.59 Å². The second-order valence-electron chi connectivity index (χ2n) is 9.00. The van der Waals surface area contributed by atoms with Crippen molar-refractivity contribution >= 4 is 21.9 Å². The lowest BCUT2D eigenvalue weighted by atomic mass is 9.84. The fourth-order valence-corrected chi connectivity index (χ4v) is 4.30. The summed E-state index contributed by atoms with van der Waals surface area (Å²) in [6.07, 6.45) is 0. The number of ether oxygens (including phenoxy) is 1. The lowest BCUT2D eigenvalue weighted by molar-refractivity contribution is 0.271. The van der Waals surface area contributed by atoms with Crippen molar-refractivity contribution in [2.45, 2.75) is 19.8 Å². The number of para-hydroxylation sites is 2. The predicted molar refractivity (Wildman–Crippen MR) is 136 cm³/mol. The van der Waals surface area contributed by atoms with Gasteiger partial charge in [0.2, 0.25) is 0 Å². The maximum atomic E-state index is 13.2. The van der Waals surface area contributed by atoms with Crippen LogP contribution in [0.25, 0.3) is 21.9 Å². The normalized spacial score (nSPS) is 11.6. The van der Waals surface area contributed by atoms with Crippen LogP contribution in [-0.2, 0) is 0 Å². The zero-order valence-corrected chi connectivity index (χ0v) is 19.7. The Morgan fingerprint density at radius 2 is 1.19 bits per heavy atom. The summed E-state index contributed by atoms with van der Waals surface area (Å²) in [5.41, 5.74) is -1.15. The molecule has 0 saturated heterocycles. The van der Waals surface area contributed by atoms with Gasteiger partial charge in [-0.15, -0.1) is 0 Å². The van der Waals surface area contributed by atoms with E-state index < -0.39 is 17.2 Å². The largest absolute Gasteiger partial charge is 0.507 e. The minimum Gasteiger partial charge on any atom is -0.507 e. The van der Waals surface area contributed by atoms with Gasteiger partial charge in [-0.3, -0.25) is 0 Å². The molecule has 182 valence electrons. The molecule has 0 radical (unpaired) electrons. The zero-order chi connectivity index (χ0) is 25.4. The van der Waals surface area contributed by atoms with Crippen molar-refractivity contribution in [3.05, 3.63) is 110 Å². The summed E-state index contributed by atoms with van der Waals surface area (Å²) < 4.78 is 16.8. The third-order valence-corrected chi connectivity index (χ3v) is 6.01. The minimum atomic E-state index is -1.18. The van der Waals surface area contributed by atoms with E-state index >= 15 is 0 Å². The van der Waals surface area contributed by atoms with Gasteiger partial charge in [0.15, 0.2) is 0 Å². The first-order valence-electron chi connectivity index (χ1n) is 11.6. The molecular weight excluding hydrogens is 460 g/mol. The number of rotatable bonds is 6. The van der Waals surface area contributed by atoms with E-state index in [1.54, 1.807) is 72.8 Å². The maximum absolute atomic E-state index is 13.2. The van der Waals surface area contributed by atoms with Crippen LogP contribution in [0.4, 0.5) is 0 Å². The monoisotopic (exact) mass is 484 g/mol. The van der Waals surface area contributed by atoms with Gasteiger partial charge >= 0.3 is 11.3 Å². The van der Waals surface area contributed by atoms with Crippen molar-refractivity contribution in [1.82, 2.24) is 0 Å². The molecule has 0 aliphatic rings. The Morgan fingerprint density at radius 3 is 1.67 bits per heavy atom. The summed E-state index contributed by atoms with van der Waals surface area (Å²) >= 11 is 0. The number of fused-ring (bicyclic) bond motifs is 2. The van der Waals surface area contributed by atoms with Crippen LogP contribution >= 0.6 is 0 Å². The second-order valence-corrected chi connectivity index (χ2v) is 9.00. The molecule has 2 aromatic heterocycles. The van der Waals surface area contributed by atoms with Gasteiger partial charge in [0.25, 0.3) is 0 Å². The van der Waals surface area contributed by atoms with Gasteiger partial charge in [-0.1, -0.05) is 50.2 Å². The van der Waals surface area contributed by atoms with E-state index in [9.17, 15) is 19.8 Å². The molecule has 0 spiro atoms. The standard InChI is InChI=1S/C29H24O7/c1-16(2)15-34-18-13-11-17(12-14-18)23(24-26(30)19-7-3-5-9-21(19)35-28(24)32)25-27(31)20-8-4-6-10-22(20)36-29(25)33/h3-14,16,23,30-31H,15H2,1-2H3. The highest BCUT2D eigenvalue weighted by Gasteiger charge is 2.32. The minimum absolute atomic E-state index is 0.178. The molecule has 0 atom stereocenters. The summed E-state index contributed by atoms with van der Waals surface area (Å²) in [5.74, 6) is -0.907. The van der Waals surface area contributed by atoms with Gasteiger partial charge in [-0.05, 0) is 47.9 Å². The number of hydrogen-bond acceptors (Lipinski definition) is 7. The number of aromatic hydroxyl groups is 2. The Labute approximate surface area is 205 Å². The summed E-state index contributed by atoms with van der Waals surface area (Å²) in [4.78, 5) is 26.4. The van der Waals surface area contributed by atoms with Crippen molar-refractivity contribution < 1.29 is 23.8 Å². The van der Waals surface area contributed by atoms with Gasteiger partial charge < -0.3 is 23.8 Å². The zero-order valence-electron chi connectivity index (χ0n) is 19.7. The Hall–Kier alpha value is -4.52. The van der Waals surface area contributed by atoms with Crippen LogP contribution in [0.15, 0.2) is 91.2 Å². The first kappa shape index (κ1) is 23.2. The molecule has 0 fully saturated rings. The Kier molecular flexibility index (Phi) is 5.98. The van der Waals surface area contributed by atoms with E-state index in [1.165, 1.54) is 0 Å². The van der Waals surface area contributed by atoms with Gasteiger partial charge in [0.05, 0.1) is 34.4 Å². The molecule has 0 aliphatic carbocycles. The molecule has 7 nitrogen and oxygen atoms in total. The molecule has 0 aliphatic heterocycles. The van der Waals surface area contributed by atoms with Crippen LogP contribution in [0.2, 0.25) is 0 Å². The van der Waals surface area contributed by atoms with E-state index in [2.05, 4.69) is 0 Å². The third-order valence-electron chi connectivity index (χ3n) is 6.01. The third kappa shape index (κ3) is 4.09. The lowest BCUT2D eigenvalue weighted by Gasteiger charge is -2.20.